The van der Waals surface area contributed by atoms with Gasteiger partial charge in [-0.05, 0) is 57.7 Å². The first-order valence-corrected chi connectivity index (χ1v) is 8.57. The summed E-state index contributed by atoms with van der Waals surface area (Å²) >= 11 is 0. The highest BCUT2D eigenvalue weighted by Gasteiger charge is 2.28. The van der Waals surface area contributed by atoms with Crippen LogP contribution in [-0.2, 0) is 0 Å². The van der Waals surface area contributed by atoms with Gasteiger partial charge in [-0.25, -0.2) is 0 Å². The summed E-state index contributed by atoms with van der Waals surface area (Å²) in [6.07, 6.45) is 4.10. The van der Waals surface area contributed by atoms with Crippen molar-refractivity contribution in [1.82, 2.24) is 10.2 Å². The fourth-order valence-corrected chi connectivity index (χ4v) is 3.74. The van der Waals surface area contributed by atoms with Crippen LogP contribution in [0.5, 0.6) is 0 Å². The molecule has 1 heterocycles. The van der Waals surface area contributed by atoms with E-state index in [1.807, 2.05) is 0 Å². The Kier molecular flexibility index (Phi) is 6.80. The summed E-state index contributed by atoms with van der Waals surface area (Å²) in [7, 11) is 0. The van der Waals surface area contributed by atoms with E-state index >= 15 is 0 Å². The Morgan fingerprint density at radius 1 is 1.00 bits per heavy atom. The zero-order valence-electron chi connectivity index (χ0n) is 12.9. The minimum atomic E-state index is -4.00. The quantitative estimate of drug-likeness (QED) is 0.773. The third-order valence-corrected chi connectivity index (χ3v) is 4.92. The highest BCUT2D eigenvalue weighted by Crippen LogP contribution is 2.28. The molecule has 0 bridgehead atoms. The van der Waals surface area contributed by atoms with E-state index in [1.54, 1.807) is 0 Å². The van der Waals surface area contributed by atoms with Crippen molar-refractivity contribution in [3.8, 4) is 0 Å². The third kappa shape index (κ3) is 6.55. The van der Waals surface area contributed by atoms with Crippen LogP contribution in [0, 0.1) is 5.92 Å². The Labute approximate surface area is 126 Å². The Hall–Kier alpha value is -0.290. The second-order valence-electron chi connectivity index (χ2n) is 6.69. The van der Waals surface area contributed by atoms with Gasteiger partial charge in [-0.3, -0.25) is 0 Å². The van der Waals surface area contributed by atoms with E-state index < -0.39 is 12.6 Å². The van der Waals surface area contributed by atoms with Gasteiger partial charge in [0.25, 0.3) is 0 Å². The lowest BCUT2D eigenvalue weighted by Gasteiger charge is -2.33. The highest BCUT2D eigenvalue weighted by atomic mass is 19.4. The Morgan fingerprint density at radius 2 is 1.76 bits per heavy atom. The summed E-state index contributed by atoms with van der Waals surface area (Å²) in [6.45, 7) is 3.93. The molecule has 1 atom stereocenters. The first-order chi connectivity index (χ1) is 10.0. The molecule has 2 rings (SSSR count). The van der Waals surface area contributed by atoms with Crippen LogP contribution in [0.3, 0.4) is 0 Å². The van der Waals surface area contributed by atoms with Crippen molar-refractivity contribution in [3.63, 3.8) is 0 Å². The van der Waals surface area contributed by atoms with Gasteiger partial charge in [0.2, 0.25) is 0 Å². The standard InChI is InChI=1S/C16H29F3N2/c17-16(18,19)9-4-5-11-21-12-6-10-20-15(13-21)14-7-2-1-3-8-14/h14-15,20H,1-13H2. The summed E-state index contributed by atoms with van der Waals surface area (Å²) < 4.78 is 36.5. The first kappa shape index (κ1) is 17.1. The molecular weight excluding hydrogens is 277 g/mol. The molecule has 1 saturated carbocycles. The van der Waals surface area contributed by atoms with Crippen molar-refractivity contribution < 1.29 is 13.2 Å². The monoisotopic (exact) mass is 306 g/mol. The summed E-state index contributed by atoms with van der Waals surface area (Å²) in [5.74, 6) is 0.773. The molecule has 2 nitrogen and oxygen atoms in total. The van der Waals surface area contributed by atoms with Crippen molar-refractivity contribution in [2.75, 3.05) is 26.2 Å². The molecule has 0 spiro atoms. The van der Waals surface area contributed by atoms with Crippen LogP contribution in [-0.4, -0.2) is 43.3 Å². The van der Waals surface area contributed by atoms with Crippen molar-refractivity contribution >= 4 is 0 Å². The molecule has 1 aliphatic carbocycles. The molecule has 0 radical (unpaired) electrons. The SMILES string of the molecule is FC(F)(F)CCCCN1CCCNC(C2CCCCC2)C1. The second kappa shape index (κ2) is 8.37. The smallest absolute Gasteiger partial charge is 0.312 e. The molecule has 1 N–H and O–H groups in total. The molecule has 0 aromatic carbocycles. The first-order valence-electron chi connectivity index (χ1n) is 8.57. The molecule has 2 fully saturated rings. The number of hydrogen-bond donors (Lipinski definition) is 1. The number of hydrogen-bond acceptors (Lipinski definition) is 2. The van der Waals surface area contributed by atoms with E-state index in [9.17, 15) is 13.2 Å². The Balaban J connectivity index is 1.71. The molecule has 5 heteroatoms. The van der Waals surface area contributed by atoms with E-state index in [-0.39, 0.29) is 6.42 Å². The predicted octanol–water partition coefficient (Wildman–Crippen LogP) is 3.96. The third-order valence-electron chi connectivity index (χ3n) is 4.92. The van der Waals surface area contributed by atoms with Crippen molar-refractivity contribution in [3.05, 3.63) is 0 Å². The number of rotatable bonds is 5. The number of halogens is 3. The minimum Gasteiger partial charge on any atom is -0.312 e. The van der Waals surface area contributed by atoms with E-state index in [0.29, 0.717) is 12.5 Å². The molecular formula is C16H29F3N2. The second-order valence-corrected chi connectivity index (χ2v) is 6.69. The van der Waals surface area contributed by atoms with Gasteiger partial charge < -0.3 is 10.2 Å². The van der Waals surface area contributed by atoms with Gasteiger partial charge in [-0.1, -0.05) is 19.3 Å². The fourth-order valence-electron chi connectivity index (χ4n) is 3.74. The summed E-state index contributed by atoms with van der Waals surface area (Å²) in [6, 6.07) is 0.551. The zero-order chi connectivity index (χ0) is 15.1. The zero-order valence-corrected chi connectivity index (χ0v) is 12.9. The van der Waals surface area contributed by atoms with E-state index in [2.05, 4.69) is 10.2 Å². The molecule has 0 aromatic rings. The normalized spacial score (nSPS) is 26.7. The van der Waals surface area contributed by atoms with Crippen molar-refractivity contribution in [2.45, 2.75) is 70.0 Å². The van der Waals surface area contributed by atoms with Gasteiger partial charge in [0, 0.05) is 19.0 Å². The maximum Gasteiger partial charge on any atom is 0.389 e. The topological polar surface area (TPSA) is 15.3 Å². The average Bonchev–Trinajstić information content (AvgIpc) is 2.69. The number of nitrogens with zero attached hydrogens (tertiary/aromatic N) is 1. The number of nitrogens with one attached hydrogen (secondary N) is 1. The predicted molar refractivity (Wildman–Crippen MR) is 79.3 cm³/mol. The summed E-state index contributed by atoms with van der Waals surface area (Å²) in [5.41, 5.74) is 0. The summed E-state index contributed by atoms with van der Waals surface area (Å²) in [5, 5.41) is 3.67. The van der Waals surface area contributed by atoms with E-state index in [0.717, 1.165) is 38.5 Å². The molecule has 1 saturated heterocycles. The maximum absolute atomic E-state index is 12.2. The van der Waals surface area contributed by atoms with Crippen LogP contribution in [0.25, 0.3) is 0 Å². The number of alkyl halides is 3. The van der Waals surface area contributed by atoms with Crippen molar-refractivity contribution in [1.29, 1.82) is 0 Å². The van der Waals surface area contributed by atoms with Crippen LogP contribution in [0.2, 0.25) is 0 Å². The lowest BCUT2D eigenvalue weighted by atomic mass is 9.83. The minimum absolute atomic E-state index is 0.265. The van der Waals surface area contributed by atoms with Crippen LogP contribution >= 0.6 is 0 Å². The van der Waals surface area contributed by atoms with Crippen LogP contribution < -0.4 is 5.32 Å². The van der Waals surface area contributed by atoms with Crippen molar-refractivity contribution in [2.24, 2.45) is 5.92 Å². The Bertz CT molecular complexity index is 288. The van der Waals surface area contributed by atoms with Gasteiger partial charge in [0.1, 0.15) is 0 Å². The van der Waals surface area contributed by atoms with Gasteiger partial charge in [0.15, 0.2) is 0 Å². The molecule has 2 aliphatic rings. The van der Waals surface area contributed by atoms with Gasteiger partial charge in [-0.15, -0.1) is 0 Å². The highest BCUT2D eigenvalue weighted by molar-refractivity contribution is 4.84. The van der Waals surface area contributed by atoms with Gasteiger partial charge >= 0.3 is 6.18 Å². The van der Waals surface area contributed by atoms with Gasteiger partial charge in [0.05, 0.1) is 0 Å². The average molecular weight is 306 g/mol. The van der Waals surface area contributed by atoms with Gasteiger partial charge in [-0.2, -0.15) is 13.2 Å². The van der Waals surface area contributed by atoms with E-state index in [1.165, 1.54) is 32.1 Å². The largest absolute Gasteiger partial charge is 0.389 e. The van der Waals surface area contributed by atoms with Crippen LogP contribution in [0.4, 0.5) is 13.2 Å². The Morgan fingerprint density at radius 3 is 2.48 bits per heavy atom. The molecule has 1 unspecified atom stereocenters. The molecule has 124 valence electrons. The fraction of sp³-hybridized carbons (Fsp3) is 1.00. The molecule has 0 amide bonds. The molecule has 21 heavy (non-hydrogen) atoms. The molecule has 1 aliphatic heterocycles. The summed E-state index contributed by atoms with van der Waals surface area (Å²) in [4.78, 5) is 2.38. The van der Waals surface area contributed by atoms with Crippen LogP contribution in [0.1, 0.15) is 57.8 Å². The maximum atomic E-state index is 12.2. The van der Waals surface area contributed by atoms with E-state index in [4.69, 9.17) is 0 Å². The lowest BCUT2D eigenvalue weighted by molar-refractivity contribution is -0.135. The number of unbranched alkanes of at least 4 members (excludes halogenated alkanes) is 1. The molecule has 0 aromatic heterocycles. The lowest BCUT2D eigenvalue weighted by Crippen LogP contribution is -2.43. The van der Waals surface area contributed by atoms with Crippen LogP contribution in [0.15, 0.2) is 0 Å².